The van der Waals surface area contributed by atoms with Crippen molar-refractivity contribution in [3.8, 4) is 17.9 Å². The smallest absolute Gasteiger partial charge is 0.269 e. The number of allylic oxidation sites excluding steroid dienone is 2. The van der Waals surface area contributed by atoms with Crippen LogP contribution in [0.25, 0.3) is 0 Å². The van der Waals surface area contributed by atoms with E-state index in [-0.39, 0.29) is 22.4 Å². The Morgan fingerprint density at radius 1 is 1.20 bits per heavy atom. The van der Waals surface area contributed by atoms with Gasteiger partial charge < -0.3 is 15.4 Å². The second-order valence-corrected chi connectivity index (χ2v) is 8.16. The molecule has 2 aromatic carbocycles. The van der Waals surface area contributed by atoms with E-state index in [2.05, 4.69) is 0 Å². The summed E-state index contributed by atoms with van der Waals surface area (Å²) < 4.78 is 5.15. The van der Waals surface area contributed by atoms with E-state index in [0.29, 0.717) is 5.75 Å². The molecule has 10 heteroatoms. The van der Waals surface area contributed by atoms with Crippen LogP contribution in [-0.4, -0.2) is 40.7 Å². The largest absolute Gasteiger partial charge is 0.497 e. The monoisotopic (exact) mass is 469 g/mol. The van der Waals surface area contributed by atoms with Crippen LogP contribution in [0.15, 0.2) is 72.5 Å². The molecule has 2 N–H and O–H groups in total. The molecule has 1 fully saturated rings. The number of primary amides is 1. The van der Waals surface area contributed by atoms with Crippen molar-refractivity contribution in [3.05, 3.63) is 93.7 Å². The number of carbonyl (C=O) groups is 2. The number of nitro benzene ring substituents is 1. The Labute approximate surface area is 200 Å². The molecule has 1 amide bonds. The maximum atomic E-state index is 13.9. The minimum atomic E-state index is -1.95. The second-order valence-electron chi connectivity index (χ2n) is 8.16. The number of non-ortho nitro benzene ring substituents is 1. The van der Waals surface area contributed by atoms with Crippen LogP contribution in [0.5, 0.6) is 5.75 Å². The first-order chi connectivity index (χ1) is 16.8. The number of methoxy groups -OCH3 is 1. The summed E-state index contributed by atoms with van der Waals surface area (Å²) in [7, 11) is 1.49. The van der Waals surface area contributed by atoms with E-state index in [1.807, 2.05) is 12.1 Å². The standard InChI is InChI=1S/C25H19N5O5/c1-35-19-8-6-16(7-9-19)23(31)22-21(17-3-2-4-18(11-17)30(33)34)25(14-27,24(28)32)20-10-5-15(12-26)13-29(20)22/h2-11,13,20-22H,1H3,(H2,28,32)/t20-,21-,22-,25+/m0/s1. The second kappa shape index (κ2) is 8.76. The summed E-state index contributed by atoms with van der Waals surface area (Å²) in [6, 6.07) is 13.7. The van der Waals surface area contributed by atoms with Crippen molar-refractivity contribution in [2.45, 2.75) is 18.0 Å². The Kier molecular flexibility index (Phi) is 5.81. The van der Waals surface area contributed by atoms with Gasteiger partial charge in [0.05, 0.1) is 29.7 Å². The number of ether oxygens (including phenoxy) is 1. The molecule has 1 saturated heterocycles. The summed E-state index contributed by atoms with van der Waals surface area (Å²) in [6.45, 7) is 0. The van der Waals surface area contributed by atoms with Gasteiger partial charge in [0.2, 0.25) is 5.91 Å². The summed E-state index contributed by atoms with van der Waals surface area (Å²) >= 11 is 0. The molecule has 35 heavy (non-hydrogen) atoms. The molecule has 0 radical (unpaired) electrons. The van der Waals surface area contributed by atoms with E-state index < -0.39 is 40.0 Å². The van der Waals surface area contributed by atoms with Gasteiger partial charge in [0.1, 0.15) is 17.9 Å². The number of ketones is 1. The van der Waals surface area contributed by atoms with E-state index in [9.17, 15) is 30.2 Å². The SMILES string of the molecule is COc1ccc(C(=O)[C@@H]2[C@H](c3cccc([N+](=O)[O-])c3)[C@](C#N)(C(N)=O)[C@@H]3C=CC(C#N)=CN23)cc1. The lowest BCUT2D eigenvalue weighted by molar-refractivity contribution is -0.384. The number of carbonyl (C=O) groups excluding carboxylic acids is 2. The summed E-state index contributed by atoms with van der Waals surface area (Å²) in [5.74, 6) is -2.06. The maximum Gasteiger partial charge on any atom is 0.269 e. The molecule has 2 aliphatic rings. The van der Waals surface area contributed by atoms with Gasteiger partial charge in [0.25, 0.3) is 5.69 Å². The van der Waals surface area contributed by atoms with E-state index in [0.717, 1.165) is 0 Å². The molecule has 4 rings (SSSR count). The first-order valence-corrected chi connectivity index (χ1v) is 10.5. The zero-order chi connectivity index (χ0) is 25.3. The molecule has 0 aliphatic carbocycles. The minimum Gasteiger partial charge on any atom is -0.497 e. The molecule has 2 heterocycles. The summed E-state index contributed by atoms with van der Waals surface area (Å²) in [6.07, 6.45) is 4.38. The number of nitro groups is 1. The Morgan fingerprint density at radius 3 is 2.49 bits per heavy atom. The third-order valence-electron chi connectivity index (χ3n) is 6.47. The molecule has 2 aliphatic heterocycles. The van der Waals surface area contributed by atoms with Crippen LogP contribution in [0, 0.1) is 38.2 Å². The van der Waals surface area contributed by atoms with Gasteiger partial charge in [0, 0.05) is 29.8 Å². The highest BCUT2D eigenvalue weighted by atomic mass is 16.6. The van der Waals surface area contributed by atoms with Crippen LogP contribution >= 0.6 is 0 Å². The van der Waals surface area contributed by atoms with Gasteiger partial charge >= 0.3 is 0 Å². The van der Waals surface area contributed by atoms with Crippen LogP contribution in [-0.2, 0) is 4.79 Å². The summed E-state index contributed by atoms with van der Waals surface area (Å²) in [4.78, 5) is 39.2. The van der Waals surface area contributed by atoms with Gasteiger partial charge in [-0.25, -0.2) is 0 Å². The molecule has 0 bridgehead atoms. The fourth-order valence-electron chi connectivity index (χ4n) is 4.87. The fraction of sp³-hybridized carbons (Fsp3) is 0.200. The topological polar surface area (TPSA) is 163 Å². The van der Waals surface area contributed by atoms with E-state index in [4.69, 9.17) is 10.5 Å². The number of amides is 1. The molecule has 10 nitrogen and oxygen atoms in total. The quantitative estimate of drug-likeness (QED) is 0.383. The third kappa shape index (κ3) is 3.58. The maximum absolute atomic E-state index is 13.9. The lowest BCUT2D eigenvalue weighted by Gasteiger charge is -2.31. The van der Waals surface area contributed by atoms with Gasteiger partial charge in [-0.2, -0.15) is 10.5 Å². The van der Waals surface area contributed by atoms with E-state index >= 15 is 0 Å². The van der Waals surface area contributed by atoms with Crippen LogP contribution in [0.3, 0.4) is 0 Å². The number of nitrogens with two attached hydrogens (primary N) is 1. The molecule has 0 unspecified atom stereocenters. The van der Waals surface area contributed by atoms with Gasteiger partial charge in [-0.1, -0.05) is 18.2 Å². The van der Waals surface area contributed by atoms with Crippen molar-refractivity contribution in [3.63, 3.8) is 0 Å². The molecule has 4 atom stereocenters. The highest BCUT2D eigenvalue weighted by Gasteiger charge is 2.65. The highest BCUT2D eigenvalue weighted by Crippen LogP contribution is 2.54. The van der Waals surface area contributed by atoms with E-state index in [1.165, 1.54) is 54.6 Å². The number of nitriles is 2. The predicted octanol–water partition coefficient (Wildman–Crippen LogP) is 2.60. The van der Waals surface area contributed by atoms with Crippen LogP contribution in [0.2, 0.25) is 0 Å². The van der Waals surface area contributed by atoms with Gasteiger partial charge in [-0.05, 0) is 35.9 Å². The molecular weight excluding hydrogens is 450 g/mol. The van der Waals surface area contributed by atoms with E-state index in [1.54, 1.807) is 24.3 Å². The zero-order valence-electron chi connectivity index (χ0n) is 18.5. The number of hydrogen-bond donors (Lipinski definition) is 1. The summed E-state index contributed by atoms with van der Waals surface area (Å²) in [5.41, 5.74) is 4.32. The number of fused-ring (bicyclic) bond motifs is 1. The predicted molar refractivity (Wildman–Crippen MR) is 123 cm³/mol. The molecular formula is C25H19N5O5. The van der Waals surface area contributed by atoms with Crippen LogP contribution in [0.1, 0.15) is 21.8 Å². The first kappa shape index (κ1) is 23.2. The Bertz CT molecular complexity index is 1370. The number of hydrogen-bond acceptors (Lipinski definition) is 8. The zero-order valence-corrected chi connectivity index (χ0v) is 18.5. The summed E-state index contributed by atoms with van der Waals surface area (Å²) in [5, 5.41) is 31.3. The third-order valence-corrected chi connectivity index (χ3v) is 6.47. The van der Waals surface area contributed by atoms with Gasteiger partial charge in [-0.3, -0.25) is 19.7 Å². The Balaban J connectivity index is 1.98. The van der Waals surface area contributed by atoms with Gasteiger partial charge in [0.15, 0.2) is 11.2 Å². The molecule has 0 spiro atoms. The van der Waals surface area contributed by atoms with Crippen molar-refractivity contribution in [1.82, 2.24) is 4.90 Å². The van der Waals surface area contributed by atoms with Gasteiger partial charge in [-0.15, -0.1) is 0 Å². The number of rotatable bonds is 6. The van der Waals surface area contributed by atoms with Crippen LogP contribution in [0.4, 0.5) is 5.69 Å². The lowest BCUT2D eigenvalue weighted by Crippen LogP contribution is -2.47. The number of Topliss-reactive ketones (excluding diaryl/α,β-unsaturated/α-hetero) is 1. The van der Waals surface area contributed by atoms with Crippen molar-refractivity contribution >= 4 is 17.4 Å². The first-order valence-electron chi connectivity index (χ1n) is 10.5. The fourth-order valence-corrected chi connectivity index (χ4v) is 4.87. The Hall–Kier alpha value is -4.96. The normalized spacial score (nSPS) is 24.5. The Morgan fingerprint density at radius 2 is 1.91 bits per heavy atom. The highest BCUT2D eigenvalue weighted by molar-refractivity contribution is 6.03. The molecule has 174 valence electrons. The van der Waals surface area contributed by atoms with Crippen molar-refractivity contribution in [1.29, 1.82) is 10.5 Å². The molecule has 0 aromatic heterocycles. The minimum absolute atomic E-state index is 0.213. The number of benzene rings is 2. The van der Waals surface area contributed by atoms with Crippen molar-refractivity contribution in [2.75, 3.05) is 7.11 Å². The molecule has 0 saturated carbocycles. The van der Waals surface area contributed by atoms with Crippen molar-refractivity contribution < 1.29 is 19.2 Å². The average molecular weight is 469 g/mol. The van der Waals surface area contributed by atoms with Crippen molar-refractivity contribution in [2.24, 2.45) is 11.1 Å². The number of nitrogens with zero attached hydrogens (tertiary/aromatic N) is 4. The lowest BCUT2D eigenvalue weighted by atomic mass is 9.67. The average Bonchev–Trinajstić information content (AvgIpc) is 3.18. The molecule has 2 aromatic rings. The van der Waals surface area contributed by atoms with Crippen LogP contribution < -0.4 is 10.5 Å².